The van der Waals surface area contributed by atoms with Crippen molar-refractivity contribution >= 4 is 11.6 Å². The molecule has 2 heterocycles. The average molecular weight is 287 g/mol. The van der Waals surface area contributed by atoms with Gasteiger partial charge in [-0.1, -0.05) is 11.6 Å². The number of nitrogens with one attached hydrogen (secondary N) is 1. The van der Waals surface area contributed by atoms with E-state index in [4.69, 9.17) is 21.1 Å². The summed E-state index contributed by atoms with van der Waals surface area (Å²) < 4.78 is 24.1. The molecule has 0 unspecified atom stereocenters. The molecule has 1 fully saturated rings. The highest BCUT2D eigenvalue weighted by Gasteiger charge is 2.26. The van der Waals surface area contributed by atoms with E-state index >= 15 is 0 Å². The van der Waals surface area contributed by atoms with Crippen molar-refractivity contribution in [3.05, 3.63) is 22.7 Å². The van der Waals surface area contributed by atoms with Crippen LogP contribution in [-0.4, -0.2) is 44.5 Å². The molecule has 1 aromatic rings. The van der Waals surface area contributed by atoms with Gasteiger partial charge in [-0.3, -0.25) is 4.90 Å². The monoisotopic (exact) mass is 286 g/mol. The minimum atomic E-state index is -0.459. The number of fused-ring (bicyclic) bond motifs is 1. The van der Waals surface area contributed by atoms with Crippen LogP contribution in [0.2, 0.25) is 5.02 Å². The summed E-state index contributed by atoms with van der Waals surface area (Å²) in [5.41, 5.74) is 0.773. The number of piperazine rings is 1. The summed E-state index contributed by atoms with van der Waals surface area (Å²) in [5, 5.41) is 3.79. The molecule has 4 nitrogen and oxygen atoms in total. The number of nitrogens with zero attached hydrogens (tertiary/aromatic N) is 1. The van der Waals surface area contributed by atoms with E-state index in [0.717, 1.165) is 31.7 Å². The second kappa shape index (κ2) is 5.53. The van der Waals surface area contributed by atoms with Crippen molar-refractivity contribution in [3.63, 3.8) is 0 Å². The Morgan fingerprint density at radius 1 is 1.26 bits per heavy atom. The number of ether oxygens (including phenoxy) is 2. The number of hydrogen-bond donors (Lipinski definition) is 1. The van der Waals surface area contributed by atoms with Gasteiger partial charge in [-0.2, -0.15) is 0 Å². The molecule has 0 radical (unpaired) electrons. The van der Waals surface area contributed by atoms with Crippen molar-refractivity contribution in [2.45, 2.75) is 6.04 Å². The predicted octanol–water partition coefficient (Wildman–Crippen LogP) is 1.98. The number of hydrogen-bond acceptors (Lipinski definition) is 4. The Labute approximate surface area is 116 Å². The average Bonchev–Trinajstić information content (AvgIpc) is 2.88. The van der Waals surface area contributed by atoms with Crippen LogP contribution >= 0.6 is 11.6 Å². The molecule has 0 amide bonds. The second-order valence-electron chi connectivity index (χ2n) is 4.68. The lowest BCUT2D eigenvalue weighted by Crippen LogP contribution is -2.45. The van der Waals surface area contributed by atoms with E-state index in [1.54, 1.807) is 12.1 Å². The van der Waals surface area contributed by atoms with E-state index in [9.17, 15) is 4.39 Å². The van der Waals surface area contributed by atoms with Crippen molar-refractivity contribution in [1.82, 2.24) is 10.2 Å². The van der Waals surface area contributed by atoms with Crippen molar-refractivity contribution in [2.75, 3.05) is 39.6 Å². The fourth-order valence-electron chi connectivity index (χ4n) is 2.56. The topological polar surface area (TPSA) is 33.7 Å². The van der Waals surface area contributed by atoms with Crippen LogP contribution in [0.15, 0.2) is 12.1 Å². The van der Waals surface area contributed by atoms with Gasteiger partial charge in [0, 0.05) is 37.3 Å². The molecule has 1 aromatic carbocycles. The van der Waals surface area contributed by atoms with Gasteiger partial charge < -0.3 is 14.8 Å². The molecule has 1 N–H and O–H groups in total. The Bertz CT molecular complexity index is 466. The Balaban J connectivity index is 1.90. The van der Waals surface area contributed by atoms with Crippen molar-refractivity contribution in [1.29, 1.82) is 0 Å². The molecule has 19 heavy (non-hydrogen) atoms. The lowest BCUT2D eigenvalue weighted by Gasteiger charge is -2.34. The van der Waals surface area contributed by atoms with E-state index in [2.05, 4.69) is 10.2 Å². The third kappa shape index (κ3) is 2.50. The maximum absolute atomic E-state index is 13.5. The lowest BCUT2D eigenvalue weighted by atomic mass is 10.0. The first-order valence-corrected chi connectivity index (χ1v) is 6.77. The molecule has 6 heteroatoms. The molecule has 0 bridgehead atoms. The smallest absolute Gasteiger partial charge is 0.231 e. The minimum absolute atomic E-state index is 0.197. The second-order valence-corrected chi connectivity index (χ2v) is 5.09. The van der Waals surface area contributed by atoms with E-state index in [-0.39, 0.29) is 12.8 Å². The summed E-state index contributed by atoms with van der Waals surface area (Å²) in [6, 6.07) is 3.20. The molecule has 0 spiro atoms. The van der Waals surface area contributed by atoms with Crippen LogP contribution in [0.1, 0.15) is 11.6 Å². The Morgan fingerprint density at radius 3 is 2.63 bits per heavy atom. The zero-order valence-corrected chi connectivity index (χ0v) is 11.3. The maximum atomic E-state index is 13.5. The molecule has 2 aliphatic heterocycles. The zero-order chi connectivity index (χ0) is 13.2. The van der Waals surface area contributed by atoms with Crippen LogP contribution in [0, 0.1) is 0 Å². The van der Waals surface area contributed by atoms with Gasteiger partial charge in [0.15, 0.2) is 11.5 Å². The van der Waals surface area contributed by atoms with Gasteiger partial charge >= 0.3 is 0 Å². The standard InChI is InChI=1S/C13H16ClFN2O2/c14-10-6-13-12(18-8-19-13)5-9(10)11(7-15)17-3-1-16-2-4-17/h5-6,11,16H,1-4,7-8H2/t11-/m0/s1. The number of halogens is 2. The molecule has 0 aromatic heterocycles. The SMILES string of the molecule is FC[C@@H](c1cc2c(cc1Cl)OCO2)N1CCNCC1. The number of rotatable bonds is 3. The summed E-state index contributed by atoms with van der Waals surface area (Å²) in [6.07, 6.45) is 0. The van der Waals surface area contributed by atoms with E-state index in [0.29, 0.717) is 16.5 Å². The van der Waals surface area contributed by atoms with Gasteiger partial charge in [-0.05, 0) is 11.6 Å². The van der Waals surface area contributed by atoms with Crippen LogP contribution in [0.5, 0.6) is 11.5 Å². The summed E-state index contributed by atoms with van der Waals surface area (Å²) in [7, 11) is 0. The molecule has 0 saturated carbocycles. The van der Waals surface area contributed by atoms with E-state index in [1.165, 1.54) is 0 Å². The van der Waals surface area contributed by atoms with E-state index in [1.807, 2.05) is 0 Å². The minimum Gasteiger partial charge on any atom is -0.454 e. The van der Waals surface area contributed by atoms with Gasteiger partial charge in [0.2, 0.25) is 6.79 Å². The van der Waals surface area contributed by atoms with Gasteiger partial charge in [0.25, 0.3) is 0 Å². The highest BCUT2D eigenvalue weighted by molar-refractivity contribution is 6.31. The van der Waals surface area contributed by atoms with Crippen LogP contribution < -0.4 is 14.8 Å². The summed E-state index contributed by atoms with van der Waals surface area (Å²) in [5.74, 6) is 1.28. The van der Waals surface area contributed by atoms with Gasteiger partial charge in [-0.25, -0.2) is 4.39 Å². The predicted molar refractivity (Wildman–Crippen MR) is 70.7 cm³/mol. The first-order valence-electron chi connectivity index (χ1n) is 6.39. The summed E-state index contributed by atoms with van der Waals surface area (Å²) in [4.78, 5) is 2.11. The first kappa shape index (κ1) is 13.0. The Kier molecular flexibility index (Phi) is 3.77. The van der Waals surface area contributed by atoms with Gasteiger partial charge in [0.1, 0.15) is 6.67 Å². The fourth-order valence-corrected chi connectivity index (χ4v) is 2.84. The summed E-state index contributed by atoms with van der Waals surface area (Å²) in [6.45, 7) is 3.12. The summed E-state index contributed by atoms with van der Waals surface area (Å²) >= 11 is 6.26. The Hall–Kier alpha value is -1.04. The number of benzene rings is 1. The van der Waals surface area contributed by atoms with Crippen LogP contribution in [0.4, 0.5) is 4.39 Å². The quantitative estimate of drug-likeness (QED) is 0.921. The molecular formula is C13H16ClFN2O2. The number of alkyl halides is 1. The molecule has 104 valence electrons. The van der Waals surface area contributed by atoms with Crippen LogP contribution in [-0.2, 0) is 0 Å². The molecule has 3 rings (SSSR count). The third-order valence-electron chi connectivity index (χ3n) is 3.59. The Morgan fingerprint density at radius 2 is 1.95 bits per heavy atom. The van der Waals surface area contributed by atoms with Crippen molar-refractivity contribution < 1.29 is 13.9 Å². The fraction of sp³-hybridized carbons (Fsp3) is 0.538. The zero-order valence-electron chi connectivity index (χ0n) is 10.5. The van der Waals surface area contributed by atoms with Crippen LogP contribution in [0.3, 0.4) is 0 Å². The molecule has 1 saturated heterocycles. The molecule has 0 aliphatic carbocycles. The molecular weight excluding hydrogens is 271 g/mol. The lowest BCUT2D eigenvalue weighted by molar-refractivity contribution is 0.147. The highest BCUT2D eigenvalue weighted by atomic mass is 35.5. The normalized spacial score (nSPS) is 20.5. The van der Waals surface area contributed by atoms with Gasteiger partial charge in [-0.15, -0.1) is 0 Å². The van der Waals surface area contributed by atoms with Gasteiger partial charge in [0.05, 0.1) is 6.04 Å². The largest absolute Gasteiger partial charge is 0.454 e. The van der Waals surface area contributed by atoms with Crippen molar-refractivity contribution in [3.8, 4) is 11.5 Å². The molecule has 2 aliphatic rings. The first-order chi connectivity index (χ1) is 9.29. The van der Waals surface area contributed by atoms with Crippen LogP contribution in [0.25, 0.3) is 0 Å². The van der Waals surface area contributed by atoms with E-state index < -0.39 is 6.67 Å². The van der Waals surface area contributed by atoms with Crippen molar-refractivity contribution in [2.24, 2.45) is 0 Å². The molecule has 1 atom stereocenters. The highest BCUT2D eigenvalue weighted by Crippen LogP contribution is 2.40. The maximum Gasteiger partial charge on any atom is 0.231 e. The third-order valence-corrected chi connectivity index (χ3v) is 3.92.